The van der Waals surface area contributed by atoms with Gasteiger partial charge in [0.2, 0.25) is 16.3 Å². The van der Waals surface area contributed by atoms with E-state index in [4.69, 9.17) is 14.2 Å². The van der Waals surface area contributed by atoms with Crippen LogP contribution in [0.3, 0.4) is 0 Å². The van der Waals surface area contributed by atoms with Crippen LogP contribution < -0.4 is 10.1 Å². The molecule has 4 rings (SSSR count). The Balaban J connectivity index is 1.35. The highest BCUT2D eigenvalue weighted by molar-refractivity contribution is 7.89. The molecular formula is C27H34N2O7S. The summed E-state index contributed by atoms with van der Waals surface area (Å²) in [7, 11) is -2.33. The molecule has 0 spiro atoms. The summed E-state index contributed by atoms with van der Waals surface area (Å²) >= 11 is 0. The van der Waals surface area contributed by atoms with Crippen molar-refractivity contribution < 1.29 is 32.5 Å². The van der Waals surface area contributed by atoms with E-state index in [0.29, 0.717) is 24.6 Å². The molecule has 0 radical (unpaired) electrons. The summed E-state index contributed by atoms with van der Waals surface area (Å²) in [4.78, 5) is 12.9. The third kappa shape index (κ3) is 7.32. The SMILES string of the molecule is COc1ccc(S(=O)(=O)N(CCO)CCO[C@@H]2C[C@H](C3CC3)C=C(C(=O)NCc3ccccc3)O2)cc1. The summed E-state index contributed by atoms with van der Waals surface area (Å²) in [5.41, 5.74) is 0.987. The molecule has 0 unspecified atom stereocenters. The third-order valence-electron chi connectivity index (χ3n) is 6.53. The summed E-state index contributed by atoms with van der Waals surface area (Å²) in [6, 6.07) is 15.7. The molecule has 0 aromatic heterocycles. The highest BCUT2D eigenvalue weighted by Gasteiger charge is 2.37. The molecular weight excluding hydrogens is 496 g/mol. The van der Waals surface area contributed by atoms with E-state index in [9.17, 15) is 18.3 Å². The first kappa shape index (κ1) is 27.1. The summed E-state index contributed by atoms with van der Waals surface area (Å²) in [5, 5.41) is 12.4. The first-order chi connectivity index (χ1) is 17.9. The van der Waals surface area contributed by atoms with Crippen molar-refractivity contribution in [3.05, 3.63) is 72.0 Å². The number of nitrogens with zero attached hydrogens (tertiary/aromatic N) is 1. The Labute approximate surface area is 218 Å². The van der Waals surface area contributed by atoms with Crippen molar-refractivity contribution in [3.63, 3.8) is 0 Å². The van der Waals surface area contributed by atoms with E-state index in [1.807, 2.05) is 36.4 Å². The summed E-state index contributed by atoms with van der Waals surface area (Å²) < 4.78 is 44.3. The second kappa shape index (κ2) is 12.6. The maximum absolute atomic E-state index is 13.1. The number of hydrogen-bond donors (Lipinski definition) is 2. The molecule has 1 heterocycles. The molecule has 2 aliphatic rings. The van der Waals surface area contributed by atoms with Crippen LogP contribution in [-0.4, -0.2) is 63.4 Å². The zero-order valence-electron chi connectivity index (χ0n) is 20.9. The van der Waals surface area contributed by atoms with Gasteiger partial charge in [-0.15, -0.1) is 0 Å². The monoisotopic (exact) mass is 530 g/mol. The molecule has 1 saturated carbocycles. The van der Waals surface area contributed by atoms with Gasteiger partial charge in [0.1, 0.15) is 5.75 Å². The van der Waals surface area contributed by atoms with E-state index in [1.54, 1.807) is 12.1 Å². The van der Waals surface area contributed by atoms with Crippen LogP contribution in [0.25, 0.3) is 0 Å². The Kier molecular flexibility index (Phi) is 9.20. The molecule has 2 aromatic carbocycles. The first-order valence-electron chi connectivity index (χ1n) is 12.5. The molecule has 1 aliphatic carbocycles. The molecule has 2 N–H and O–H groups in total. The molecule has 1 fully saturated rings. The average Bonchev–Trinajstić information content (AvgIpc) is 3.77. The number of aliphatic hydroxyl groups excluding tert-OH is 1. The van der Waals surface area contributed by atoms with Crippen LogP contribution in [0.5, 0.6) is 5.75 Å². The summed E-state index contributed by atoms with van der Waals surface area (Å²) in [5.74, 6) is 1.17. The lowest BCUT2D eigenvalue weighted by Gasteiger charge is -2.30. The van der Waals surface area contributed by atoms with Crippen molar-refractivity contribution in [3.8, 4) is 5.75 Å². The van der Waals surface area contributed by atoms with Crippen molar-refractivity contribution in [1.82, 2.24) is 9.62 Å². The van der Waals surface area contributed by atoms with E-state index < -0.39 is 16.3 Å². The maximum atomic E-state index is 13.1. The lowest BCUT2D eigenvalue weighted by atomic mass is 9.96. The Morgan fingerprint density at radius 1 is 1.11 bits per heavy atom. The number of ether oxygens (including phenoxy) is 3. The van der Waals surface area contributed by atoms with Crippen LogP contribution >= 0.6 is 0 Å². The molecule has 37 heavy (non-hydrogen) atoms. The molecule has 10 heteroatoms. The van der Waals surface area contributed by atoms with Gasteiger partial charge in [-0.3, -0.25) is 4.79 Å². The molecule has 1 aliphatic heterocycles. The lowest BCUT2D eigenvalue weighted by molar-refractivity contribution is -0.150. The highest BCUT2D eigenvalue weighted by Crippen LogP contribution is 2.42. The lowest BCUT2D eigenvalue weighted by Crippen LogP contribution is -2.38. The predicted molar refractivity (Wildman–Crippen MR) is 137 cm³/mol. The number of carbonyl (C=O) groups is 1. The van der Waals surface area contributed by atoms with E-state index in [-0.39, 0.29) is 48.8 Å². The number of allylic oxidation sites excluding steroid dienone is 1. The molecule has 0 bridgehead atoms. The number of hydrogen-bond acceptors (Lipinski definition) is 7. The Morgan fingerprint density at radius 2 is 1.84 bits per heavy atom. The van der Waals surface area contributed by atoms with Crippen molar-refractivity contribution >= 4 is 15.9 Å². The van der Waals surface area contributed by atoms with Crippen LogP contribution in [0.4, 0.5) is 0 Å². The minimum absolute atomic E-state index is 0.0299. The van der Waals surface area contributed by atoms with Crippen LogP contribution in [0, 0.1) is 11.8 Å². The van der Waals surface area contributed by atoms with Crippen molar-refractivity contribution in [1.29, 1.82) is 0 Å². The van der Waals surface area contributed by atoms with Gasteiger partial charge < -0.3 is 24.6 Å². The third-order valence-corrected chi connectivity index (χ3v) is 8.44. The second-order valence-electron chi connectivity index (χ2n) is 9.16. The number of rotatable bonds is 13. The fourth-order valence-electron chi connectivity index (χ4n) is 4.31. The summed E-state index contributed by atoms with van der Waals surface area (Å²) in [6.07, 6.45) is 4.05. The van der Waals surface area contributed by atoms with Crippen molar-refractivity contribution in [2.24, 2.45) is 11.8 Å². The Hall–Kier alpha value is -2.92. The normalized spacial score (nSPS) is 19.7. The molecule has 2 aromatic rings. The topological polar surface area (TPSA) is 114 Å². The van der Waals surface area contributed by atoms with Gasteiger partial charge in [0.05, 0.1) is 25.2 Å². The quantitative estimate of drug-likeness (QED) is 0.409. The van der Waals surface area contributed by atoms with Gasteiger partial charge in [0.25, 0.3) is 5.91 Å². The van der Waals surface area contributed by atoms with Gasteiger partial charge in [-0.2, -0.15) is 4.31 Å². The number of amides is 1. The molecule has 9 nitrogen and oxygen atoms in total. The van der Waals surface area contributed by atoms with Gasteiger partial charge in [-0.05, 0) is 60.6 Å². The van der Waals surface area contributed by atoms with Crippen molar-refractivity contribution in [2.45, 2.75) is 37.0 Å². The average molecular weight is 531 g/mol. The van der Waals surface area contributed by atoms with E-state index in [0.717, 1.165) is 18.4 Å². The van der Waals surface area contributed by atoms with E-state index in [1.165, 1.54) is 23.5 Å². The Morgan fingerprint density at radius 3 is 2.49 bits per heavy atom. The minimum Gasteiger partial charge on any atom is -0.497 e. The maximum Gasteiger partial charge on any atom is 0.286 e. The smallest absolute Gasteiger partial charge is 0.286 e. The fraction of sp³-hybridized carbons (Fsp3) is 0.444. The first-order valence-corrected chi connectivity index (χ1v) is 13.9. The minimum atomic E-state index is -3.84. The van der Waals surface area contributed by atoms with E-state index in [2.05, 4.69) is 5.32 Å². The standard InChI is InChI=1S/C27H34N2O7S/c1-34-23-9-11-24(12-10-23)37(32,33)29(13-15-30)14-16-35-26-18-22(21-7-8-21)17-25(36-26)27(31)28-19-20-5-3-2-4-6-20/h2-6,9-12,17,21-22,26,30H,7-8,13-16,18-19H2,1H3,(H,28,31)/t22-,26+/m1/s1. The van der Waals surface area contributed by atoms with Crippen LogP contribution in [-0.2, 0) is 30.8 Å². The molecule has 2 atom stereocenters. The fourth-order valence-corrected chi connectivity index (χ4v) is 5.72. The van der Waals surface area contributed by atoms with Crippen molar-refractivity contribution in [2.75, 3.05) is 33.4 Å². The number of sulfonamides is 1. The molecule has 200 valence electrons. The van der Waals surface area contributed by atoms with E-state index >= 15 is 0 Å². The number of carbonyl (C=O) groups excluding carboxylic acids is 1. The summed E-state index contributed by atoms with van der Waals surface area (Å²) in [6.45, 7) is 0.0757. The van der Waals surface area contributed by atoms with Gasteiger partial charge in [0.15, 0.2) is 5.76 Å². The second-order valence-corrected chi connectivity index (χ2v) is 11.1. The number of nitrogens with one attached hydrogen (secondary N) is 1. The highest BCUT2D eigenvalue weighted by atomic mass is 32.2. The van der Waals surface area contributed by atoms with Gasteiger partial charge in [-0.25, -0.2) is 8.42 Å². The molecule has 1 amide bonds. The zero-order valence-corrected chi connectivity index (χ0v) is 21.7. The zero-order chi connectivity index (χ0) is 26.3. The van der Waals surface area contributed by atoms with Crippen LogP contribution in [0.15, 0.2) is 71.3 Å². The predicted octanol–water partition coefficient (Wildman–Crippen LogP) is 2.67. The Bertz CT molecular complexity index is 1170. The number of benzene rings is 2. The number of methoxy groups -OCH3 is 1. The largest absolute Gasteiger partial charge is 0.497 e. The van der Waals surface area contributed by atoms with Crippen LogP contribution in [0.1, 0.15) is 24.8 Å². The van der Waals surface area contributed by atoms with Gasteiger partial charge in [-0.1, -0.05) is 30.3 Å². The van der Waals surface area contributed by atoms with Gasteiger partial charge >= 0.3 is 0 Å². The van der Waals surface area contributed by atoms with Gasteiger partial charge in [0, 0.05) is 26.1 Å². The van der Waals surface area contributed by atoms with Crippen LogP contribution in [0.2, 0.25) is 0 Å². The molecule has 0 saturated heterocycles. The number of aliphatic hydroxyl groups is 1.